The third kappa shape index (κ3) is 24.0. The highest BCUT2D eigenvalue weighted by atomic mass is 31.2. The zero-order chi connectivity index (χ0) is 58.8. The lowest BCUT2D eigenvalue weighted by Crippen LogP contribution is -2.68. The maximum Gasteiger partial charge on any atom is 0.470 e. The third-order valence-electron chi connectivity index (χ3n) is 12.5. The number of ether oxygens (including phenoxy) is 9. The number of rotatable bonds is 36. The molecule has 0 saturated carbocycles. The van der Waals surface area contributed by atoms with Crippen molar-refractivity contribution in [2.75, 3.05) is 40.1 Å². The van der Waals surface area contributed by atoms with E-state index in [2.05, 4.69) is 26.3 Å². The quantitative estimate of drug-likeness (QED) is 0.0162. The van der Waals surface area contributed by atoms with Gasteiger partial charge < -0.3 is 88.8 Å². The predicted molar refractivity (Wildman–Crippen MR) is 268 cm³/mol. The Morgan fingerprint density at radius 3 is 1.85 bits per heavy atom. The summed E-state index contributed by atoms with van der Waals surface area (Å²) >= 11 is 0. The molecular weight excluding hydrogens is 1080 g/mol. The highest BCUT2D eigenvalue weighted by Crippen LogP contribution is 2.42. The first-order valence-corrected chi connectivity index (χ1v) is 28.0. The van der Waals surface area contributed by atoms with Crippen molar-refractivity contribution in [3.05, 3.63) is 11.9 Å². The Bertz CT molecular complexity index is 2120. The Morgan fingerprint density at radius 1 is 0.709 bits per heavy atom. The zero-order valence-corrected chi connectivity index (χ0v) is 46.6. The monoisotopic (exact) mass is 1160 g/mol. The van der Waals surface area contributed by atoms with Crippen LogP contribution in [0, 0.1) is 0 Å². The summed E-state index contributed by atoms with van der Waals surface area (Å²) in [5.74, 6) is -5.58. The van der Waals surface area contributed by atoms with Crippen molar-refractivity contribution < 1.29 is 115 Å². The van der Waals surface area contributed by atoms with Gasteiger partial charge in [0.05, 0.1) is 76.6 Å². The molecule has 2 aliphatic heterocycles. The van der Waals surface area contributed by atoms with Crippen LogP contribution < -0.4 is 16.0 Å². The standard InChI is InChI=1S/C48H81N6O24P/c1-8-28(56)20-35(59)50-41-45(76-39(63)21-29(57)9-2)43(65)33(75-47(41)70-18-16-49-34(58)15-14-27-24-54(53-52-27)17-19-69-7)26-71-48-42(51-36(60)22-30(10-3)72-37(61)12-5)46(44(32(25-55)74-48)78-79(66,67)68)77-40(64)23-31(11-4)73-38(62)13-6/h24,28-33,41-48,55-57,65H,8-23,25-26H2,1-7H3,(H,49,58)(H,50,59)(H,51,60)(H2,66,67,68)/t28-,29-,30-,31-,32?,33?,41?,42?,43-,44-,45-,46-,47+,48-/m1/s1. The molecule has 1 aromatic heterocycles. The number of aliphatic hydroxyl groups is 4. The number of aryl methyl sites for hydroxylation is 1. The Balaban J connectivity index is 2.06. The van der Waals surface area contributed by atoms with E-state index in [4.69, 9.17) is 47.2 Å². The number of esters is 4. The number of carbonyl (C=O) groups excluding carboxylic acids is 7. The lowest BCUT2D eigenvalue weighted by Gasteiger charge is -2.47. The topological polar surface area (TPSA) is 417 Å². The van der Waals surface area contributed by atoms with Crippen LogP contribution in [0.1, 0.15) is 118 Å². The van der Waals surface area contributed by atoms with Gasteiger partial charge in [-0.15, -0.1) is 5.10 Å². The van der Waals surface area contributed by atoms with Crippen molar-refractivity contribution in [1.29, 1.82) is 0 Å². The van der Waals surface area contributed by atoms with Gasteiger partial charge in [0, 0.05) is 45.5 Å². The molecule has 31 heteroatoms. The van der Waals surface area contributed by atoms with Crippen LogP contribution in [-0.2, 0) is 98.2 Å². The van der Waals surface area contributed by atoms with Gasteiger partial charge in [-0.1, -0.05) is 46.8 Å². The van der Waals surface area contributed by atoms with E-state index in [1.54, 1.807) is 45.7 Å². The number of aliphatic hydroxyl groups excluding tert-OH is 4. The number of aromatic nitrogens is 3. The van der Waals surface area contributed by atoms with Crippen LogP contribution in [-0.4, -0.2) is 213 Å². The second-order valence-electron chi connectivity index (χ2n) is 18.6. The number of amides is 3. The molecule has 4 unspecified atom stereocenters. The van der Waals surface area contributed by atoms with E-state index in [0.29, 0.717) is 18.8 Å². The zero-order valence-electron chi connectivity index (χ0n) is 45.7. The third-order valence-corrected chi connectivity index (χ3v) is 13.0. The largest absolute Gasteiger partial charge is 0.470 e. The molecule has 1 aromatic rings. The molecule has 3 heterocycles. The van der Waals surface area contributed by atoms with Gasteiger partial charge in [-0.05, 0) is 25.7 Å². The fourth-order valence-corrected chi connectivity index (χ4v) is 8.52. The summed E-state index contributed by atoms with van der Waals surface area (Å²) in [7, 11) is -4.01. The number of nitrogens with zero attached hydrogens (tertiary/aromatic N) is 3. The Morgan fingerprint density at radius 2 is 1.27 bits per heavy atom. The van der Waals surface area contributed by atoms with Crippen molar-refractivity contribution in [1.82, 2.24) is 30.9 Å². The number of hydrogen-bond donors (Lipinski definition) is 9. The van der Waals surface area contributed by atoms with Crippen molar-refractivity contribution in [3.8, 4) is 0 Å². The molecule has 9 N–H and O–H groups in total. The summed E-state index contributed by atoms with van der Waals surface area (Å²) in [6.45, 7) is 7.94. The molecule has 452 valence electrons. The van der Waals surface area contributed by atoms with Crippen LogP contribution in [0.2, 0.25) is 0 Å². The molecule has 3 rings (SSSR count). The molecular formula is C48H81N6O24P. The van der Waals surface area contributed by atoms with Crippen molar-refractivity contribution in [2.24, 2.45) is 0 Å². The molecule has 0 bridgehead atoms. The molecule has 0 aliphatic carbocycles. The van der Waals surface area contributed by atoms with Gasteiger partial charge in [0.15, 0.2) is 24.8 Å². The van der Waals surface area contributed by atoms with E-state index in [1.165, 1.54) is 13.8 Å². The minimum absolute atomic E-state index is 0.00177. The minimum Gasteiger partial charge on any atom is -0.462 e. The second kappa shape index (κ2) is 35.1. The lowest BCUT2D eigenvalue weighted by atomic mass is 9.95. The van der Waals surface area contributed by atoms with Crippen LogP contribution in [0.5, 0.6) is 0 Å². The average molecular weight is 1160 g/mol. The van der Waals surface area contributed by atoms with Gasteiger partial charge in [0.1, 0.15) is 48.7 Å². The number of phosphoric ester groups is 1. The number of carbonyl (C=O) groups is 7. The molecule has 0 aromatic carbocycles. The first kappa shape index (κ1) is 68.5. The predicted octanol–water partition coefficient (Wildman–Crippen LogP) is -1.35. The van der Waals surface area contributed by atoms with Crippen LogP contribution in [0.4, 0.5) is 0 Å². The number of nitrogens with one attached hydrogen (secondary N) is 3. The van der Waals surface area contributed by atoms with E-state index >= 15 is 0 Å². The summed E-state index contributed by atoms with van der Waals surface area (Å²) in [6, 6.07) is -3.39. The summed E-state index contributed by atoms with van der Waals surface area (Å²) < 4.78 is 70.7. The second-order valence-corrected chi connectivity index (χ2v) is 19.8. The molecule has 14 atom stereocenters. The van der Waals surface area contributed by atoms with E-state index in [9.17, 15) is 68.3 Å². The summed E-state index contributed by atoms with van der Waals surface area (Å²) in [6.07, 6.45) is -19.0. The summed E-state index contributed by atoms with van der Waals surface area (Å²) in [5.41, 5.74) is 0.547. The molecule has 3 amide bonds. The highest BCUT2D eigenvalue weighted by Gasteiger charge is 2.54. The van der Waals surface area contributed by atoms with Crippen LogP contribution >= 0.6 is 7.82 Å². The molecule has 0 spiro atoms. The molecule has 2 saturated heterocycles. The highest BCUT2D eigenvalue weighted by molar-refractivity contribution is 7.46. The summed E-state index contributed by atoms with van der Waals surface area (Å²) in [5, 5.41) is 59.2. The van der Waals surface area contributed by atoms with Crippen LogP contribution in [0.25, 0.3) is 0 Å². The van der Waals surface area contributed by atoms with E-state index in [1.807, 2.05) is 0 Å². The van der Waals surface area contributed by atoms with Gasteiger partial charge in [0.2, 0.25) is 17.7 Å². The Labute approximate surface area is 457 Å². The molecule has 79 heavy (non-hydrogen) atoms. The SMILES string of the molecule is CCC(=O)O[C@H](CC)CC(=O)NC1[C@H](OCC2O[C@H](OCCNC(=O)CCc3cn(CCOC)nn3)C(NC(=O)C[C@H](O)CC)[C@@H](OC(=O)C[C@H](O)CC)[C@@H]2O)OC(CO)[C@@H](OP(=O)(O)O)[C@@H]1OC(=O)C[C@@H](CC)OC(=O)CC. The Kier molecular flexibility index (Phi) is 30.4. The van der Waals surface area contributed by atoms with E-state index in [-0.39, 0.29) is 64.5 Å². The van der Waals surface area contributed by atoms with Crippen molar-refractivity contribution >= 4 is 49.4 Å². The van der Waals surface area contributed by atoms with Gasteiger partial charge in [-0.3, -0.25) is 38.1 Å². The number of hydrogen-bond acceptors (Lipinski definition) is 24. The van der Waals surface area contributed by atoms with Gasteiger partial charge >= 0.3 is 31.7 Å². The van der Waals surface area contributed by atoms with Crippen LogP contribution in [0.3, 0.4) is 0 Å². The van der Waals surface area contributed by atoms with Crippen LogP contribution in [0.15, 0.2) is 6.20 Å². The number of methoxy groups -OCH3 is 1. The Hall–Kier alpha value is -4.82. The fraction of sp³-hybridized carbons (Fsp3) is 0.812. The van der Waals surface area contributed by atoms with E-state index in [0.717, 1.165) is 0 Å². The molecule has 30 nitrogen and oxygen atoms in total. The fourth-order valence-electron chi connectivity index (χ4n) is 7.95. The van der Waals surface area contributed by atoms with Crippen molar-refractivity contribution in [2.45, 2.75) is 211 Å². The number of phosphoric acid groups is 1. The first-order valence-electron chi connectivity index (χ1n) is 26.5. The van der Waals surface area contributed by atoms with E-state index < -0.39 is 174 Å². The summed E-state index contributed by atoms with van der Waals surface area (Å²) in [4.78, 5) is 112. The van der Waals surface area contributed by atoms with Gasteiger partial charge in [0.25, 0.3) is 0 Å². The van der Waals surface area contributed by atoms with Gasteiger partial charge in [-0.2, -0.15) is 0 Å². The molecule has 2 fully saturated rings. The first-order chi connectivity index (χ1) is 37.5. The lowest BCUT2D eigenvalue weighted by molar-refractivity contribution is -0.304. The smallest absolute Gasteiger partial charge is 0.462 e. The van der Waals surface area contributed by atoms with Gasteiger partial charge in [-0.25, -0.2) is 9.25 Å². The normalized spacial score (nSPS) is 24.7. The average Bonchev–Trinajstić information content (AvgIpc) is 3.92. The maximum absolute atomic E-state index is 13.9. The van der Waals surface area contributed by atoms with Crippen molar-refractivity contribution in [3.63, 3.8) is 0 Å². The minimum atomic E-state index is -5.56. The molecule has 2 aliphatic rings. The maximum atomic E-state index is 13.9. The molecule has 0 radical (unpaired) electrons.